The van der Waals surface area contributed by atoms with Gasteiger partial charge in [-0.15, -0.1) is 0 Å². The fourth-order valence-electron chi connectivity index (χ4n) is 4.47. The van der Waals surface area contributed by atoms with Gasteiger partial charge in [-0.1, -0.05) is 38.1 Å². The van der Waals surface area contributed by atoms with Gasteiger partial charge in [0, 0.05) is 11.5 Å². The van der Waals surface area contributed by atoms with E-state index in [1.165, 1.54) is 0 Å². The van der Waals surface area contributed by atoms with Gasteiger partial charge >= 0.3 is 5.97 Å². The first-order valence-corrected chi connectivity index (χ1v) is 11.2. The van der Waals surface area contributed by atoms with E-state index in [-0.39, 0.29) is 17.6 Å². The Balaban J connectivity index is 2.29. The summed E-state index contributed by atoms with van der Waals surface area (Å²) in [5.74, 6) is 0.929. The highest BCUT2D eigenvalue weighted by atomic mass is 16.5. The number of carboxylic acid groups (broad SMARTS) is 1. The lowest BCUT2D eigenvalue weighted by molar-refractivity contribution is -0.139. The molecule has 180 valence electrons. The number of carbonyl (C=O) groups is 1. The number of aromatic hydroxyl groups is 1. The Morgan fingerprint density at radius 3 is 2.18 bits per heavy atom. The van der Waals surface area contributed by atoms with Crippen molar-refractivity contribution < 1.29 is 29.2 Å². The van der Waals surface area contributed by atoms with E-state index in [0.29, 0.717) is 17.2 Å². The zero-order valence-electron chi connectivity index (χ0n) is 20.5. The Morgan fingerprint density at radius 1 is 0.941 bits per heavy atom. The number of benzene rings is 3. The van der Waals surface area contributed by atoms with Gasteiger partial charge in [0.2, 0.25) is 0 Å². The molecule has 6 heteroatoms. The number of ether oxygens (including phenoxy) is 3. The van der Waals surface area contributed by atoms with Gasteiger partial charge in [0.15, 0.2) is 18.1 Å². The van der Waals surface area contributed by atoms with Gasteiger partial charge in [-0.25, -0.2) is 4.79 Å². The molecule has 1 unspecified atom stereocenters. The van der Waals surface area contributed by atoms with Crippen LogP contribution in [0.2, 0.25) is 0 Å². The number of methoxy groups -OCH3 is 2. The smallest absolute Gasteiger partial charge is 0.341 e. The second-order valence-electron chi connectivity index (χ2n) is 8.64. The van der Waals surface area contributed by atoms with Crippen molar-refractivity contribution >= 4 is 5.97 Å². The summed E-state index contributed by atoms with van der Waals surface area (Å²) >= 11 is 0. The van der Waals surface area contributed by atoms with Gasteiger partial charge in [-0.05, 0) is 71.8 Å². The van der Waals surface area contributed by atoms with Crippen molar-refractivity contribution in [2.24, 2.45) is 0 Å². The number of para-hydroxylation sites is 1. The molecule has 0 aromatic heterocycles. The molecule has 0 amide bonds. The van der Waals surface area contributed by atoms with E-state index >= 15 is 0 Å². The van der Waals surface area contributed by atoms with Crippen molar-refractivity contribution in [1.29, 1.82) is 0 Å². The van der Waals surface area contributed by atoms with Gasteiger partial charge in [0.05, 0.1) is 14.2 Å². The lowest BCUT2D eigenvalue weighted by atomic mass is 9.79. The Labute approximate surface area is 200 Å². The van der Waals surface area contributed by atoms with Gasteiger partial charge in [-0.2, -0.15) is 0 Å². The Hall–Kier alpha value is -3.67. The lowest BCUT2D eigenvalue weighted by Gasteiger charge is -2.27. The zero-order chi connectivity index (χ0) is 25.0. The standard InChI is InChI=1S/C28H32O6/c1-16(2)22-14-19(10-11-23(22)29)27(21-8-7-9-24(32-5)28(21)33-6)26-17(3)12-20(13-18(26)4)34-15-25(30)31/h7-14,16,27,29H,15H2,1-6H3,(H,30,31). The molecule has 34 heavy (non-hydrogen) atoms. The molecule has 0 heterocycles. The summed E-state index contributed by atoms with van der Waals surface area (Å²) in [7, 11) is 3.23. The molecule has 0 aliphatic carbocycles. The summed E-state index contributed by atoms with van der Waals surface area (Å²) in [5, 5.41) is 19.4. The molecule has 6 nitrogen and oxygen atoms in total. The van der Waals surface area contributed by atoms with Gasteiger partial charge in [0.25, 0.3) is 0 Å². The molecule has 0 fully saturated rings. The number of aryl methyl sites for hydroxylation is 2. The Morgan fingerprint density at radius 2 is 1.62 bits per heavy atom. The van der Waals surface area contributed by atoms with Crippen LogP contribution in [0.1, 0.15) is 59.1 Å². The molecule has 3 aromatic carbocycles. The van der Waals surface area contributed by atoms with Crippen molar-refractivity contribution in [1.82, 2.24) is 0 Å². The maximum Gasteiger partial charge on any atom is 0.341 e. The first-order chi connectivity index (χ1) is 16.2. The minimum Gasteiger partial charge on any atom is -0.508 e. The van der Waals surface area contributed by atoms with E-state index in [2.05, 4.69) is 0 Å². The summed E-state index contributed by atoms with van der Waals surface area (Å²) in [5.41, 5.74) is 5.74. The molecule has 2 N–H and O–H groups in total. The van der Waals surface area contributed by atoms with Crippen molar-refractivity contribution in [2.45, 2.75) is 39.5 Å². The topological polar surface area (TPSA) is 85.2 Å². The third-order valence-corrected chi connectivity index (χ3v) is 5.97. The van der Waals surface area contributed by atoms with Gasteiger partial charge in [0.1, 0.15) is 11.5 Å². The number of carboxylic acids is 1. The molecule has 0 aliphatic heterocycles. The van der Waals surface area contributed by atoms with Crippen LogP contribution in [0.4, 0.5) is 0 Å². The third kappa shape index (κ3) is 5.11. The van der Waals surface area contributed by atoms with Crippen LogP contribution in [0.3, 0.4) is 0 Å². The first-order valence-electron chi connectivity index (χ1n) is 11.2. The van der Waals surface area contributed by atoms with Crippen LogP contribution in [-0.2, 0) is 4.79 Å². The van der Waals surface area contributed by atoms with Crippen LogP contribution in [0.5, 0.6) is 23.0 Å². The van der Waals surface area contributed by atoms with Gasteiger partial charge < -0.3 is 24.4 Å². The minimum atomic E-state index is -1.02. The third-order valence-electron chi connectivity index (χ3n) is 5.97. The fraction of sp³-hybridized carbons (Fsp3) is 0.321. The fourth-order valence-corrected chi connectivity index (χ4v) is 4.47. The molecule has 1 atom stereocenters. The van der Waals surface area contributed by atoms with Crippen LogP contribution in [0, 0.1) is 13.8 Å². The van der Waals surface area contributed by atoms with E-state index in [9.17, 15) is 9.90 Å². The minimum absolute atomic E-state index is 0.141. The average molecular weight is 465 g/mol. The highest BCUT2D eigenvalue weighted by Crippen LogP contribution is 2.45. The maximum absolute atomic E-state index is 11.0. The molecule has 0 saturated carbocycles. The van der Waals surface area contributed by atoms with Crippen molar-refractivity contribution in [3.05, 3.63) is 81.9 Å². The number of aliphatic carboxylic acids is 1. The number of phenolic OH excluding ortho intramolecular Hbond substituents is 1. The van der Waals surface area contributed by atoms with E-state index < -0.39 is 12.6 Å². The predicted molar refractivity (Wildman–Crippen MR) is 132 cm³/mol. The summed E-state index contributed by atoms with van der Waals surface area (Å²) in [6, 6.07) is 15.2. The molecule has 3 aromatic rings. The molecule has 3 rings (SSSR count). The van der Waals surface area contributed by atoms with E-state index in [1.54, 1.807) is 20.3 Å². The first kappa shape index (κ1) is 25.0. The number of hydrogen-bond donors (Lipinski definition) is 2. The monoisotopic (exact) mass is 464 g/mol. The number of hydrogen-bond acceptors (Lipinski definition) is 5. The maximum atomic E-state index is 11.0. The number of phenols is 1. The van der Waals surface area contributed by atoms with Gasteiger partial charge in [-0.3, -0.25) is 0 Å². The highest BCUT2D eigenvalue weighted by molar-refractivity contribution is 5.68. The van der Waals surface area contributed by atoms with Crippen LogP contribution in [-0.4, -0.2) is 37.0 Å². The Bertz CT molecular complexity index is 1160. The lowest BCUT2D eigenvalue weighted by Crippen LogP contribution is -2.12. The second kappa shape index (κ2) is 10.5. The molecule has 0 spiro atoms. The normalized spacial score (nSPS) is 11.9. The molecule has 0 saturated heterocycles. The second-order valence-corrected chi connectivity index (χ2v) is 8.64. The van der Waals surface area contributed by atoms with Crippen molar-refractivity contribution in [2.75, 3.05) is 20.8 Å². The molecule has 0 radical (unpaired) electrons. The largest absolute Gasteiger partial charge is 0.508 e. The summed E-state index contributed by atoms with van der Waals surface area (Å²) < 4.78 is 16.8. The summed E-state index contributed by atoms with van der Waals surface area (Å²) in [4.78, 5) is 11.0. The Kier molecular flexibility index (Phi) is 7.72. The van der Waals surface area contributed by atoms with Crippen LogP contribution in [0.25, 0.3) is 0 Å². The number of rotatable bonds is 9. The van der Waals surface area contributed by atoms with Crippen LogP contribution < -0.4 is 14.2 Å². The van der Waals surface area contributed by atoms with Crippen molar-refractivity contribution in [3.8, 4) is 23.0 Å². The summed E-state index contributed by atoms with van der Waals surface area (Å²) in [6.07, 6.45) is 0. The predicted octanol–water partition coefficient (Wildman–Crippen LogP) is 5.79. The van der Waals surface area contributed by atoms with Crippen molar-refractivity contribution in [3.63, 3.8) is 0 Å². The quantitative estimate of drug-likeness (QED) is 0.390. The zero-order valence-corrected chi connectivity index (χ0v) is 20.5. The van der Waals surface area contributed by atoms with E-state index in [0.717, 1.165) is 33.4 Å². The SMILES string of the molecule is COc1cccc(C(c2ccc(O)c(C(C)C)c2)c2c(C)cc(OCC(=O)O)cc2C)c1OC. The average Bonchev–Trinajstić information content (AvgIpc) is 2.79. The summed E-state index contributed by atoms with van der Waals surface area (Å²) in [6.45, 7) is 7.66. The molecule has 0 aliphatic rings. The van der Waals surface area contributed by atoms with E-state index in [1.807, 2.05) is 70.2 Å². The molecule has 0 bridgehead atoms. The van der Waals surface area contributed by atoms with Crippen LogP contribution >= 0.6 is 0 Å². The van der Waals surface area contributed by atoms with Crippen LogP contribution in [0.15, 0.2) is 48.5 Å². The molecular formula is C28H32O6. The van der Waals surface area contributed by atoms with E-state index in [4.69, 9.17) is 19.3 Å². The highest BCUT2D eigenvalue weighted by Gasteiger charge is 2.27. The molecular weight excluding hydrogens is 432 g/mol.